The van der Waals surface area contributed by atoms with Gasteiger partial charge in [-0.15, -0.1) is 0 Å². The number of hydrogen-bond acceptors (Lipinski definition) is 5. The molecule has 0 saturated carbocycles. The van der Waals surface area contributed by atoms with Crippen LogP contribution in [0.1, 0.15) is 11.1 Å². The van der Waals surface area contributed by atoms with Gasteiger partial charge in [0.1, 0.15) is 6.04 Å². The van der Waals surface area contributed by atoms with Crippen LogP contribution < -0.4 is 10.0 Å². The summed E-state index contributed by atoms with van der Waals surface area (Å²) in [7, 11) is -3.68. The first-order valence-electron chi connectivity index (χ1n) is 7.70. The Morgan fingerprint density at radius 2 is 2.16 bits per heavy atom. The lowest BCUT2D eigenvalue weighted by molar-refractivity contribution is -0.122. The molecule has 25 heavy (non-hydrogen) atoms. The number of benzene rings is 1. The lowest BCUT2D eigenvalue weighted by atomic mass is 10.1. The largest absolute Gasteiger partial charge is 0.350 e. The van der Waals surface area contributed by atoms with Gasteiger partial charge in [-0.05, 0) is 24.1 Å². The van der Waals surface area contributed by atoms with Gasteiger partial charge in [0, 0.05) is 24.5 Å². The Hall–Kier alpha value is -2.78. The molecule has 9 heteroatoms. The Morgan fingerprint density at radius 1 is 1.32 bits per heavy atom. The van der Waals surface area contributed by atoms with Gasteiger partial charge in [-0.2, -0.15) is 9.82 Å². The lowest BCUT2D eigenvalue weighted by Crippen LogP contribution is -2.50. The third-order valence-electron chi connectivity index (χ3n) is 4.11. The fourth-order valence-electron chi connectivity index (χ4n) is 2.90. The van der Waals surface area contributed by atoms with Crippen LogP contribution in [0.2, 0.25) is 0 Å². The predicted molar refractivity (Wildman–Crippen MR) is 89.1 cm³/mol. The summed E-state index contributed by atoms with van der Waals surface area (Å²) in [6, 6.07) is 7.61. The van der Waals surface area contributed by atoms with E-state index in [-0.39, 0.29) is 17.3 Å². The van der Waals surface area contributed by atoms with Crippen molar-refractivity contribution in [1.29, 1.82) is 0 Å². The molecule has 8 nitrogen and oxygen atoms in total. The summed E-state index contributed by atoms with van der Waals surface area (Å²) in [5, 5.41) is 6.91. The molecule has 1 atom stereocenters. The standard InChI is InChI=1S/C16H15N5O3S/c22-16(18-9-12-10-19-21-7-3-6-17-15(12)21)13-8-11-4-1-2-5-14(11)25(23,24)20-13/h1-7,10,13,20H,8-9H2,(H,18,22)/t13-/m1/s1. The molecule has 0 unspecified atom stereocenters. The maximum Gasteiger partial charge on any atom is 0.241 e. The van der Waals surface area contributed by atoms with Crippen molar-refractivity contribution in [3.63, 3.8) is 0 Å². The highest BCUT2D eigenvalue weighted by atomic mass is 32.2. The minimum atomic E-state index is -3.68. The van der Waals surface area contributed by atoms with Crippen LogP contribution in [0.3, 0.4) is 0 Å². The molecular weight excluding hydrogens is 342 g/mol. The van der Waals surface area contributed by atoms with E-state index in [0.29, 0.717) is 17.6 Å². The summed E-state index contributed by atoms with van der Waals surface area (Å²) in [6.45, 7) is 0.221. The number of hydrogen-bond donors (Lipinski definition) is 2. The van der Waals surface area contributed by atoms with E-state index in [0.717, 1.165) is 5.56 Å². The van der Waals surface area contributed by atoms with E-state index in [9.17, 15) is 13.2 Å². The quantitative estimate of drug-likeness (QED) is 0.699. The maximum atomic E-state index is 12.4. The van der Waals surface area contributed by atoms with Crippen molar-refractivity contribution in [3.8, 4) is 0 Å². The summed E-state index contributed by atoms with van der Waals surface area (Å²) in [6.07, 6.45) is 5.35. The third-order valence-corrected chi connectivity index (χ3v) is 5.68. The van der Waals surface area contributed by atoms with Gasteiger partial charge in [0.25, 0.3) is 0 Å². The number of carbonyl (C=O) groups excluding carboxylic acids is 1. The molecule has 0 fully saturated rings. The highest BCUT2D eigenvalue weighted by Gasteiger charge is 2.33. The van der Waals surface area contributed by atoms with E-state index in [1.54, 1.807) is 47.4 Å². The highest BCUT2D eigenvalue weighted by Crippen LogP contribution is 2.22. The number of rotatable bonds is 3. The van der Waals surface area contributed by atoms with E-state index < -0.39 is 16.1 Å². The smallest absolute Gasteiger partial charge is 0.241 e. The fraction of sp³-hybridized carbons (Fsp3) is 0.188. The second kappa shape index (κ2) is 5.94. The summed E-state index contributed by atoms with van der Waals surface area (Å²) in [5.41, 5.74) is 2.05. The maximum absolute atomic E-state index is 12.4. The number of sulfonamides is 1. The second-order valence-corrected chi connectivity index (χ2v) is 7.44. The summed E-state index contributed by atoms with van der Waals surface area (Å²) < 4.78 is 28.6. The third kappa shape index (κ3) is 2.87. The van der Waals surface area contributed by atoms with Gasteiger partial charge in [-0.3, -0.25) is 4.79 Å². The average molecular weight is 357 g/mol. The Balaban J connectivity index is 1.51. The van der Waals surface area contributed by atoms with Gasteiger partial charge in [0.15, 0.2) is 5.65 Å². The number of amides is 1. The zero-order valence-corrected chi connectivity index (χ0v) is 13.9. The molecule has 1 aromatic carbocycles. The van der Waals surface area contributed by atoms with Crippen molar-refractivity contribution in [1.82, 2.24) is 24.6 Å². The Morgan fingerprint density at radius 3 is 3.04 bits per heavy atom. The number of fused-ring (bicyclic) bond motifs is 2. The van der Waals surface area contributed by atoms with Crippen LogP contribution in [0.15, 0.2) is 53.8 Å². The molecule has 0 radical (unpaired) electrons. The van der Waals surface area contributed by atoms with Crippen molar-refractivity contribution in [2.24, 2.45) is 0 Å². The van der Waals surface area contributed by atoms with E-state index >= 15 is 0 Å². The number of carbonyl (C=O) groups is 1. The zero-order chi connectivity index (χ0) is 17.4. The first kappa shape index (κ1) is 15.7. The minimum Gasteiger partial charge on any atom is -0.350 e. The molecule has 2 aromatic heterocycles. The van der Waals surface area contributed by atoms with Crippen molar-refractivity contribution in [2.45, 2.75) is 23.9 Å². The summed E-state index contributed by atoms with van der Waals surface area (Å²) in [5.74, 6) is -0.381. The van der Waals surface area contributed by atoms with Crippen LogP contribution >= 0.6 is 0 Å². The van der Waals surface area contributed by atoms with Crippen LogP contribution in [0.5, 0.6) is 0 Å². The average Bonchev–Trinajstić information content (AvgIpc) is 3.02. The van der Waals surface area contributed by atoms with Crippen LogP contribution in [-0.2, 0) is 27.8 Å². The molecule has 1 aliphatic heterocycles. The molecule has 0 spiro atoms. The monoisotopic (exact) mass is 357 g/mol. The summed E-state index contributed by atoms with van der Waals surface area (Å²) in [4.78, 5) is 16.9. The fourth-order valence-corrected chi connectivity index (χ4v) is 4.35. The molecule has 128 valence electrons. The normalized spacial score (nSPS) is 18.6. The van der Waals surface area contributed by atoms with E-state index in [2.05, 4.69) is 20.1 Å². The summed E-state index contributed by atoms with van der Waals surface area (Å²) >= 11 is 0. The van der Waals surface area contributed by atoms with Crippen molar-refractivity contribution in [2.75, 3.05) is 0 Å². The van der Waals surface area contributed by atoms with Gasteiger partial charge in [-0.25, -0.2) is 17.9 Å². The Kier molecular flexibility index (Phi) is 3.74. The Bertz CT molecular complexity index is 1060. The first-order valence-corrected chi connectivity index (χ1v) is 9.18. The van der Waals surface area contributed by atoms with Crippen molar-refractivity contribution < 1.29 is 13.2 Å². The molecule has 2 N–H and O–H groups in total. The van der Waals surface area contributed by atoms with E-state index in [1.165, 1.54) is 6.07 Å². The molecule has 0 aliphatic carbocycles. The van der Waals surface area contributed by atoms with Crippen LogP contribution in [-0.4, -0.2) is 35.0 Å². The molecule has 3 aromatic rings. The van der Waals surface area contributed by atoms with E-state index in [1.807, 2.05) is 0 Å². The second-order valence-electron chi connectivity index (χ2n) is 5.76. The molecule has 1 amide bonds. The highest BCUT2D eigenvalue weighted by molar-refractivity contribution is 7.89. The van der Waals surface area contributed by atoms with Gasteiger partial charge < -0.3 is 5.32 Å². The molecule has 4 rings (SSSR count). The van der Waals surface area contributed by atoms with Crippen molar-refractivity contribution in [3.05, 3.63) is 60.0 Å². The molecular formula is C16H15N5O3S. The van der Waals surface area contributed by atoms with Gasteiger partial charge in [0.05, 0.1) is 11.1 Å². The topological polar surface area (TPSA) is 105 Å². The van der Waals surface area contributed by atoms with Gasteiger partial charge in [-0.1, -0.05) is 18.2 Å². The van der Waals surface area contributed by atoms with Crippen LogP contribution in [0, 0.1) is 0 Å². The zero-order valence-electron chi connectivity index (χ0n) is 13.1. The molecule has 1 aliphatic rings. The first-order chi connectivity index (χ1) is 12.0. The van der Waals surface area contributed by atoms with E-state index in [4.69, 9.17) is 0 Å². The molecule has 0 saturated heterocycles. The molecule has 0 bridgehead atoms. The van der Waals surface area contributed by atoms with Crippen molar-refractivity contribution >= 4 is 21.6 Å². The van der Waals surface area contributed by atoms with Gasteiger partial charge in [0.2, 0.25) is 15.9 Å². The lowest BCUT2D eigenvalue weighted by Gasteiger charge is -2.25. The number of nitrogens with one attached hydrogen (secondary N) is 2. The van der Waals surface area contributed by atoms with Crippen LogP contribution in [0.4, 0.5) is 0 Å². The number of nitrogens with zero attached hydrogens (tertiary/aromatic N) is 3. The minimum absolute atomic E-state index is 0.221. The number of aromatic nitrogens is 3. The molecule has 3 heterocycles. The van der Waals surface area contributed by atoms with Gasteiger partial charge >= 0.3 is 0 Å². The predicted octanol–water partition coefficient (Wildman–Crippen LogP) is 0.249. The van der Waals surface area contributed by atoms with Crippen LogP contribution in [0.25, 0.3) is 5.65 Å². The SMILES string of the molecule is O=C(NCc1cnn2cccnc12)[C@H]1Cc2ccccc2S(=O)(=O)N1. The Labute approximate surface area is 143 Å².